The van der Waals surface area contributed by atoms with Gasteiger partial charge in [-0.05, 0) is 34.1 Å². The highest BCUT2D eigenvalue weighted by atomic mass is 79.9. The van der Waals surface area contributed by atoms with Crippen LogP contribution in [0.4, 0.5) is 11.4 Å². The molecule has 9 heteroatoms. The maximum Gasteiger partial charge on any atom is 0.265 e. The van der Waals surface area contributed by atoms with E-state index in [4.69, 9.17) is 23.2 Å². The molecule has 0 amide bonds. The van der Waals surface area contributed by atoms with Gasteiger partial charge >= 0.3 is 0 Å². The van der Waals surface area contributed by atoms with Crippen LogP contribution in [0.5, 0.6) is 0 Å². The monoisotopic (exact) mass is 428 g/mol. The summed E-state index contributed by atoms with van der Waals surface area (Å²) in [6.07, 6.45) is 0. The van der Waals surface area contributed by atoms with Crippen LogP contribution in [-0.2, 0) is 10.0 Å². The first kappa shape index (κ1) is 16.9. The van der Waals surface area contributed by atoms with Gasteiger partial charge in [0.05, 0.1) is 10.2 Å². The van der Waals surface area contributed by atoms with E-state index >= 15 is 0 Å². The fraction of sp³-hybridized carbons (Fsp3) is 0.167. The summed E-state index contributed by atoms with van der Waals surface area (Å²) >= 11 is 16.0. The van der Waals surface area contributed by atoms with Crippen LogP contribution in [0.25, 0.3) is 0 Å². The van der Waals surface area contributed by atoms with Crippen molar-refractivity contribution in [1.29, 1.82) is 0 Å². The molecule has 0 fully saturated rings. The van der Waals surface area contributed by atoms with Gasteiger partial charge < -0.3 is 4.90 Å². The van der Waals surface area contributed by atoms with Gasteiger partial charge in [0.2, 0.25) is 0 Å². The van der Waals surface area contributed by atoms with E-state index in [9.17, 15) is 8.42 Å². The molecule has 1 aromatic carbocycles. The highest BCUT2D eigenvalue weighted by Crippen LogP contribution is 2.43. The molecule has 0 aliphatic heterocycles. The number of nitrogens with zero attached hydrogens (tertiary/aromatic N) is 1. The largest absolute Gasteiger partial charge is 0.378 e. The Bertz CT molecular complexity index is 776. The van der Waals surface area contributed by atoms with Crippen LogP contribution >= 0.6 is 50.5 Å². The van der Waals surface area contributed by atoms with Gasteiger partial charge in [0.25, 0.3) is 10.0 Å². The van der Waals surface area contributed by atoms with Gasteiger partial charge in [0.1, 0.15) is 13.6 Å². The van der Waals surface area contributed by atoms with E-state index in [0.29, 0.717) is 10.0 Å². The smallest absolute Gasteiger partial charge is 0.265 e. The van der Waals surface area contributed by atoms with Crippen molar-refractivity contribution in [2.75, 3.05) is 23.7 Å². The standard InChI is InChI=1S/C12H11BrCl2N2O2S2/c1-17(2)8-5-3-4-7(6-8)16-21(18,19)10-9(13)11(14)20-12(10)15/h3-6,16H,1-2H3. The summed E-state index contributed by atoms with van der Waals surface area (Å²) in [5.74, 6) is 0. The van der Waals surface area contributed by atoms with Gasteiger partial charge in [0, 0.05) is 19.8 Å². The average Bonchev–Trinajstić information content (AvgIpc) is 2.63. The molecule has 0 bridgehead atoms. The summed E-state index contributed by atoms with van der Waals surface area (Å²) in [5, 5.41) is 0. The van der Waals surface area contributed by atoms with Gasteiger partial charge in [0.15, 0.2) is 0 Å². The second-order valence-corrected chi connectivity index (χ2v) is 8.98. The zero-order valence-corrected chi connectivity index (χ0v) is 15.8. The number of thiophene rings is 1. The summed E-state index contributed by atoms with van der Waals surface area (Å²) in [6.45, 7) is 0. The van der Waals surface area contributed by atoms with Crippen LogP contribution in [0.3, 0.4) is 0 Å². The first-order valence-electron chi connectivity index (χ1n) is 5.66. The molecule has 1 heterocycles. The Kier molecular flexibility index (Phi) is 5.10. The lowest BCUT2D eigenvalue weighted by molar-refractivity contribution is 0.601. The molecule has 21 heavy (non-hydrogen) atoms. The molecule has 0 aliphatic carbocycles. The zero-order chi connectivity index (χ0) is 15.8. The topological polar surface area (TPSA) is 49.4 Å². The van der Waals surface area contributed by atoms with E-state index in [1.54, 1.807) is 18.2 Å². The highest BCUT2D eigenvalue weighted by Gasteiger charge is 2.26. The van der Waals surface area contributed by atoms with E-state index in [1.165, 1.54) is 0 Å². The zero-order valence-electron chi connectivity index (χ0n) is 11.0. The van der Waals surface area contributed by atoms with Crippen molar-refractivity contribution >= 4 is 71.9 Å². The lowest BCUT2D eigenvalue weighted by Crippen LogP contribution is -2.14. The minimum absolute atomic E-state index is 0.0468. The number of halogens is 3. The van der Waals surface area contributed by atoms with Gasteiger partial charge in [-0.1, -0.05) is 29.3 Å². The van der Waals surface area contributed by atoms with Crippen LogP contribution in [0.1, 0.15) is 0 Å². The molecule has 0 aliphatic rings. The molecule has 0 saturated carbocycles. The Morgan fingerprint density at radius 3 is 2.43 bits per heavy atom. The van der Waals surface area contributed by atoms with Crippen molar-refractivity contribution in [3.8, 4) is 0 Å². The Hall–Kier alpha value is -0.470. The first-order chi connectivity index (χ1) is 9.72. The van der Waals surface area contributed by atoms with Gasteiger partial charge in [-0.15, -0.1) is 11.3 Å². The van der Waals surface area contributed by atoms with Crippen molar-refractivity contribution in [2.24, 2.45) is 0 Å². The molecule has 114 valence electrons. The van der Waals surface area contributed by atoms with Crippen molar-refractivity contribution in [2.45, 2.75) is 4.90 Å². The van der Waals surface area contributed by atoms with E-state index < -0.39 is 10.0 Å². The number of hydrogen-bond acceptors (Lipinski definition) is 4. The summed E-state index contributed by atoms with van der Waals surface area (Å²) in [4.78, 5) is 1.83. The van der Waals surface area contributed by atoms with Gasteiger partial charge in [-0.25, -0.2) is 8.42 Å². The van der Waals surface area contributed by atoms with E-state index in [1.807, 2.05) is 25.1 Å². The molecule has 2 aromatic rings. The first-order valence-corrected chi connectivity index (χ1v) is 9.50. The molecule has 0 spiro atoms. The van der Waals surface area contributed by atoms with Crippen LogP contribution < -0.4 is 9.62 Å². The third kappa shape index (κ3) is 3.65. The number of sulfonamides is 1. The quantitative estimate of drug-likeness (QED) is 0.767. The Labute approximate surface area is 145 Å². The number of nitrogens with one attached hydrogen (secondary N) is 1. The number of rotatable bonds is 4. The van der Waals surface area contributed by atoms with Crippen molar-refractivity contribution in [3.63, 3.8) is 0 Å². The highest BCUT2D eigenvalue weighted by molar-refractivity contribution is 9.10. The second-order valence-electron chi connectivity index (χ2n) is 4.34. The SMILES string of the molecule is CN(C)c1cccc(NS(=O)(=O)c2c(Cl)sc(Cl)c2Br)c1. The molecule has 0 unspecified atom stereocenters. The molecule has 1 N–H and O–H groups in total. The summed E-state index contributed by atoms with van der Waals surface area (Å²) in [5.41, 5.74) is 1.33. The summed E-state index contributed by atoms with van der Waals surface area (Å²) in [6, 6.07) is 7.04. The van der Waals surface area contributed by atoms with Crippen molar-refractivity contribution in [3.05, 3.63) is 37.4 Å². The van der Waals surface area contributed by atoms with E-state index in [-0.39, 0.29) is 13.7 Å². The van der Waals surface area contributed by atoms with E-state index in [2.05, 4.69) is 20.7 Å². The maximum absolute atomic E-state index is 12.4. The third-order valence-electron chi connectivity index (χ3n) is 2.61. The predicted octanol–water partition coefficient (Wildman–Crippen LogP) is 4.68. The molecule has 0 radical (unpaired) electrons. The maximum atomic E-state index is 12.4. The molecule has 0 saturated heterocycles. The lowest BCUT2D eigenvalue weighted by atomic mass is 10.3. The number of benzene rings is 1. The van der Waals surface area contributed by atoms with Gasteiger partial charge in [-0.3, -0.25) is 4.72 Å². The fourth-order valence-corrected chi connectivity index (χ4v) is 6.23. The Morgan fingerprint density at radius 1 is 1.24 bits per heavy atom. The normalized spacial score (nSPS) is 11.5. The number of anilines is 2. The average molecular weight is 430 g/mol. The van der Waals surface area contributed by atoms with Crippen molar-refractivity contribution in [1.82, 2.24) is 0 Å². The second kappa shape index (κ2) is 6.34. The molecule has 2 rings (SSSR count). The van der Waals surface area contributed by atoms with Crippen molar-refractivity contribution < 1.29 is 8.42 Å². The Balaban J connectivity index is 2.40. The number of hydrogen-bond donors (Lipinski definition) is 1. The molecule has 0 atom stereocenters. The summed E-state index contributed by atoms with van der Waals surface area (Å²) < 4.78 is 28.1. The predicted molar refractivity (Wildman–Crippen MR) is 93.6 cm³/mol. The molecule has 4 nitrogen and oxygen atoms in total. The summed E-state index contributed by atoms with van der Waals surface area (Å²) in [7, 11) is -0.0682. The minimum Gasteiger partial charge on any atom is -0.378 e. The fourth-order valence-electron chi connectivity index (χ4n) is 1.62. The molecule has 1 aromatic heterocycles. The van der Waals surface area contributed by atoms with Crippen LogP contribution in [0.15, 0.2) is 33.6 Å². The van der Waals surface area contributed by atoms with Crippen LogP contribution in [0.2, 0.25) is 8.67 Å². The third-order valence-corrected chi connectivity index (χ3v) is 7.46. The minimum atomic E-state index is -3.82. The molecular formula is C12H11BrCl2N2O2S2. The lowest BCUT2D eigenvalue weighted by Gasteiger charge is -2.14. The van der Waals surface area contributed by atoms with Crippen LogP contribution in [0, 0.1) is 0 Å². The van der Waals surface area contributed by atoms with E-state index in [0.717, 1.165) is 17.0 Å². The Morgan fingerprint density at radius 2 is 1.90 bits per heavy atom. The van der Waals surface area contributed by atoms with Crippen LogP contribution in [-0.4, -0.2) is 22.5 Å². The van der Waals surface area contributed by atoms with Gasteiger partial charge in [-0.2, -0.15) is 0 Å². The molecular weight excluding hydrogens is 419 g/mol.